The Morgan fingerprint density at radius 3 is 1.26 bits per heavy atom. The van der Waals surface area contributed by atoms with Gasteiger partial charge >= 0.3 is 24.4 Å². The van der Waals surface area contributed by atoms with Crippen molar-refractivity contribution in [3.63, 3.8) is 0 Å². The van der Waals surface area contributed by atoms with Gasteiger partial charge in [0, 0.05) is 38.0 Å². The topological polar surface area (TPSA) is 136 Å². The number of nitrogens with one attached hydrogen (secondary N) is 2. The predicted octanol–water partition coefficient (Wildman–Crippen LogP) is 6.24. The molecule has 12 nitrogen and oxygen atoms in total. The van der Waals surface area contributed by atoms with Gasteiger partial charge in [-0.1, -0.05) is 60.7 Å². The van der Waals surface area contributed by atoms with E-state index in [0.717, 1.165) is 11.1 Å². The fourth-order valence-electron chi connectivity index (χ4n) is 5.22. The third-order valence-corrected chi connectivity index (χ3v) is 7.61. The molecular weight excluding hydrogens is 654 g/mol. The second-order valence-corrected chi connectivity index (χ2v) is 14.2. The van der Waals surface area contributed by atoms with Gasteiger partial charge in [0.05, 0.1) is 25.4 Å². The average Bonchev–Trinajstić information content (AvgIpc) is 3.65. The Morgan fingerprint density at radius 1 is 0.620 bits per heavy atom. The van der Waals surface area contributed by atoms with Crippen molar-refractivity contribution in [1.29, 1.82) is 0 Å². The van der Waals surface area contributed by atoms with Crippen molar-refractivity contribution in [2.75, 3.05) is 39.5 Å². The molecule has 2 aromatic carbocycles. The normalized spacial score (nSPS) is 20.2. The lowest BCUT2D eigenvalue weighted by Gasteiger charge is -2.23. The second kappa shape index (κ2) is 18.4. The molecule has 2 saturated heterocycles. The molecule has 4 atom stereocenters. The highest BCUT2D eigenvalue weighted by Gasteiger charge is 2.39. The molecule has 2 aliphatic heterocycles. The molecule has 0 radical (unpaired) electrons. The Kier molecular flexibility index (Phi) is 14.6. The minimum atomic E-state index is -0.637. The van der Waals surface area contributed by atoms with Gasteiger partial charge in [-0.25, -0.2) is 19.2 Å². The highest BCUT2D eigenvalue weighted by molar-refractivity contribution is 5.71. The van der Waals surface area contributed by atoms with E-state index in [1.54, 1.807) is 41.5 Å². The number of alkyl halides is 2. The van der Waals surface area contributed by atoms with Crippen molar-refractivity contribution in [3.05, 3.63) is 71.8 Å². The van der Waals surface area contributed by atoms with Gasteiger partial charge in [0.1, 0.15) is 24.4 Å². The lowest BCUT2D eigenvalue weighted by Crippen LogP contribution is -2.44. The first kappa shape index (κ1) is 39.8. The van der Waals surface area contributed by atoms with Crippen LogP contribution in [0.15, 0.2) is 60.7 Å². The van der Waals surface area contributed by atoms with Crippen molar-refractivity contribution in [3.8, 4) is 0 Å². The van der Waals surface area contributed by atoms with Crippen molar-refractivity contribution in [2.24, 2.45) is 11.8 Å². The maximum atomic E-state index is 13.3. The Morgan fingerprint density at radius 2 is 0.960 bits per heavy atom. The summed E-state index contributed by atoms with van der Waals surface area (Å²) in [5, 5.41) is 5.29. The van der Waals surface area contributed by atoms with Crippen LogP contribution in [-0.2, 0) is 32.2 Å². The molecule has 4 amide bonds. The molecular formula is C36H50F2N4O8. The standard InChI is InChI=1S/2C18H25FN2O4/c2*1-18(2,3)25-16(22)20-15-11-21(10-14(15)9-19)17(23)24-12-13-7-5-4-6-8-13/h2*4-8,14-15H,9-12H2,1-3H3,(H,20,22)/t2*14-,15+/m10/s1. The Balaban J connectivity index is 0.000000270. The summed E-state index contributed by atoms with van der Waals surface area (Å²) in [6, 6.07) is 17.6. The summed E-state index contributed by atoms with van der Waals surface area (Å²) in [5.74, 6) is -0.950. The van der Waals surface area contributed by atoms with Gasteiger partial charge in [-0.3, -0.25) is 8.78 Å². The number of carbonyl (C=O) groups excluding carboxylic acids is 4. The number of halogens is 2. The quantitative estimate of drug-likeness (QED) is 0.309. The first-order chi connectivity index (χ1) is 23.6. The number of likely N-dealkylation sites (tertiary alicyclic amines) is 2. The molecule has 0 aromatic heterocycles. The number of carbonyl (C=O) groups is 4. The SMILES string of the molecule is CC(C)(C)OC(=O)N[C@@H]1CN(C(=O)OCc2ccccc2)C[C@@H]1CF.CC(C)(C)OC(=O)N[C@H]1CN(C(=O)OCc2ccccc2)C[C@H]1CF. The van der Waals surface area contributed by atoms with Crippen molar-refractivity contribution in [2.45, 2.75) is 78.0 Å². The van der Waals surface area contributed by atoms with Crippen molar-refractivity contribution in [1.82, 2.24) is 20.4 Å². The van der Waals surface area contributed by atoms with Gasteiger partial charge in [-0.05, 0) is 52.7 Å². The summed E-state index contributed by atoms with van der Waals surface area (Å²) in [5.41, 5.74) is 0.478. The summed E-state index contributed by atoms with van der Waals surface area (Å²) in [6.45, 7) is 10.3. The summed E-state index contributed by atoms with van der Waals surface area (Å²) in [7, 11) is 0. The zero-order chi connectivity index (χ0) is 36.9. The Hall–Kier alpha value is -4.62. The molecule has 0 spiro atoms. The van der Waals surface area contributed by atoms with E-state index in [2.05, 4.69) is 10.6 Å². The smallest absolute Gasteiger partial charge is 0.410 e. The number of ether oxygens (including phenoxy) is 4. The molecule has 2 heterocycles. The number of nitrogens with zero attached hydrogens (tertiary/aromatic N) is 2. The number of hydrogen-bond acceptors (Lipinski definition) is 8. The third kappa shape index (κ3) is 13.7. The van der Waals surface area contributed by atoms with Crippen LogP contribution >= 0.6 is 0 Å². The fourth-order valence-corrected chi connectivity index (χ4v) is 5.22. The number of alkyl carbamates (subject to hydrolysis) is 2. The maximum absolute atomic E-state index is 13.3. The van der Waals surface area contributed by atoms with E-state index in [-0.39, 0.29) is 39.4 Å². The minimum absolute atomic E-state index is 0.153. The molecule has 4 rings (SSSR count). The molecule has 276 valence electrons. The lowest BCUT2D eigenvalue weighted by atomic mass is 10.1. The first-order valence-electron chi connectivity index (χ1n) is 16.6. The number of benzene rings is 2. The molecule has 50 heavy (non-hydrogen) atoms. The maximum Gasteiger partial charge on any atom is 0.410 e. The summed E-state index contributed by atoms with van der Waals surface area (Å²) in [6.07, 6.45) is -2.27. The highest BCUT2D eigenvalue weighted by Crippen LogP contribution is 2.21. The highest BCUT2D eigenvalue weighted by atomic mass is 19.1. The van der Waals surface area contributed by atoms with E-state index in [1.165, 1.54) is 9.80 Å². The van der Waals surface area contributed by atoms with E-state index in [4.69, 9.17) is 18.9 Å². The van der Waals surface area contributed by atoms with Gasteiger partial charge in [-0.2, -0.15) is 0 Å². The van der Waals surface area contributed by atoms with E-state index in [0.29, 0.717) is 0 Å². The van der Waals surface area contributed by atoms with Crippen LogP contribution in [0.3, 0.4) is 0 Å². The molecule has 2 aliphatic rings. The lowest BCUT2D eigenvalue weighted by molar-refractivity contribution is 0.0480. The fraction of sp³-hybridized carbons (Fsp3) is 0.556. The molecule has 2 aromatic rings. The average molecular weight is 705 g/mol. The molecule has 0 saturated carbocycles. The summed E-state index contributed by atoms with van der Waals surface area (Å²) in [4.78, 5) is 50.9. The van der Waals surface area contributed by atoms with Crippen LogP contribution in [0.4, 0.5) is 28.0 Å². The first-order valence-corrected chi connectivity index (χ1v) is 16.6. The number of hydrogen-bond donors (Lipinski definition) is 2. The minimum Gasteiger partial charge on any atom is -0.445 e. The summed E-state index contributed by atoms with van der Waals surface area (Å²) >= 11 is 0. The van der Waals surface area contributed by atoms with Crippen LogP contribution in [0.1, 0.15) is 52.7 Å². The van der Waals surface area contributed by atoms with Gasteiger partial charge in [0.25, 0.3) is 0 Å². The van der Waals surface area contributed by atoms with Gasteiger partial charge < -0.3 is 39.4 Å². The molecule has 2 fully saturated rings. The Bertz CT molecular complexity index is 1280. The van der Waals surface area contributed by atoms with E-state index >= 15 is 0 Å². The molecule has 0 bridgehead atoms. The largest absolute Gasteiger partial charge is 0.445 e. The van der Waals surface area contributed by atoms with Crippen LogP contribution in [0.2, 0.25) is 0 Å². The second-order valence-electron chi connectivity index (χ2n) is 14.2. The molecule has 0 aliphatic carbocycles. The van der Waals surface area contributed by atoms with Gasteiger partial charge in [0.2, 0.25) is 0 Å². The van der Waals surface area contributed by atoms with Crippen LogP contribution in [0.25, 0.3) is 0 Å². The van der Waals surface area contributed by atoms with Crippen LogP contribution < -0.4 is 10.6 Å². The van der Waals surface area contributed by atoms with Gasteiger partial charge in [-0.15, -0.1) is 0 Å². The monoisotopic (exact) mass is 704 g/mol. The van der Waals surface area contributed by atoms with Crippen LogP contribution in [0, 0.1) is 11.8 Å². The number of amides is 4. The van der Waals surface area contributed by atoms with Gasteiger partial charge in [0.15, 0.2) is 0 Å². The summed E-state index contributed by atoms with van der Waals surface area (Å²) < 4.78 is 47.4. The molecule has 2 N–H and O–H groups in total. The van der Waals surface area contributed by atoms with Crippen LogP contribution in [0.5, 0.6) is 0 Å². The van der Waals surface area contributed by atoms with E-state index in [1.807, 2.05) is 60.7 Å². The molecule has 0 unspecified atom stereocenters. The zero-order valence-electron chi connectivity index (χ0n) is 29.7. The Labute approximate surface area is 292 Å². The van der Waals surface area contributed by atoms with E-state index in [9.17, 15) is 28.0 Å². The van der Waals surface area contributed by atoms with Crippen LogP contribution in [-0.4, -0.2) is 97.0 Å². The molecule has 14 heteroatoms. The van der Waals surface area contributed by atoms with E-state index < -0.39 is 72.8 Å². The predicted molar refractivity (Wildman–Crippen MR) is 182 cm³/mol. The zero-order valence-corrected chi connectivity index (χ0v) is 29.7. The number of rotatable bonds is 8. The van der Waals surface area contributed by atoms with Crippen molar-refractivity contribution < 1.29 is 46.9 Å². The third-order valence-electron chi connectivity index (χ3n) is 7.61. The van der Waals surface area contributed by atoms with Crippen molar-refractivity contribution >= 4 is 24.4 Å².